The standard InChI is InChI=1S/C25H15ClO5/c26-20-7-3-2-6-18(20)25(28)30-17-9-10-19-22(13-17)31-23(24(19)27)12-15-11-16-5-1-4-8-21(16)29-14-15/h1-13H,14H2. The van der Waals surface area contributed by atoms with Crippen molar-refractivity contribution in [3.8, 4) is 17.2 Å². The summed E-state index contributed by atoms with van der Waals surface area (Å²) in [5.74, 6) is 0.758. The number of Topliss-reactive ketones (excluding diaryl/α,β-unsaturated/α-hetero) is 1. The summed E-state index contributed by atoms with van der Waals surface area (Å²) in [4.78, 5) is 25.1. The fraction of sp³-hybridized carbons (Fsp3) is 0.0400. The molecule has 2 heterocycles. The Morgan fingerprint density at radius 1 is 1.00 bits per heavy atom. The minimum atomic E-state index is -0.589. The number of fused-ring (bicyclic) bond motifs is 2. The van der Waals surface area contributed by atoms with Crippen LogP contribution in [0.2, 0.25) is 5.02 Å². The van der Waals surface area contributed by atoms with Crippen molar-refractivity contribution in [1.82, 2.24) is 0 Å². The van der Waals surface area contributed by atoms with Gasteiger partial charge in [0.25, 0.3) is 0 Å². The van der Waals surface area contributed by atoms with Crippen LogP contribution in [-0.2, 0) is 0 Å². The number of benzene rings is 3. The van der Waals surface area contributed by atoms with Crippen molar-refractivity contribution in [3.05, 3.63) is 106 Å². The van der Waals surface area contributed by atoms with Gasteiger partial charge in [0.05, 0.1) is 16.1 Å². The molecule has 0 amide bonds. The summed E-state index contributed by atoms with van der Waals surface area (Å²) in [7, 11) is 0. The molecule has 2 aliphatic heterocycles. The number of carbonyl (C=O) groups excluding carboxylic acids is 2. The number of esters is 1. The molecule has 0 saturated carbocycles. The highest BCUT2D eigenvalue weighted by Gasteiger charge is 2.29. The molecule has 3 aromatic carbocycles. The normalized spacial score (nSPS) is 15.5. The fourth-order valence-corrected chi connectivity index (χ4v) is 3.62. The first-order valence-electron chi connectivity index (χ1n) is 9.56. The number of hydrogen-bond donors (Lipinski definition) is 0. The third-order valence-corrected chi connectivity index (χ3v) is 5.25. The number of halogens is 1. The Kier molecular flexibility index (Phi) is 4.81. The minimum Gasteiger partial charge on any atom is -0.488 e. The van der Waals surface area contributed by atoms with Crippen LogP contribution in [0.4, 0.5) is 0 Å². The third-order valence-electron chi connectivity index (χ3n) is 4.92. The topological polar surface area (TPSA) is 61.8 Å². The molecule has 0 bridgehead atoms. The van der Waals surface area contributed by atoms with E-state index < -0.39 is 5.97 Å². The van der Waals surface area contributed by atoms with Gasteiger partial charge in [-0.3, -0.25) is 4.79 Å². The second-order valence-electron chi connectivity index (χ2n) is 7.01. The number of carbonyl (C=O) groups is 2. The Bertz CT molecular complexity index is 1290. The molecule has 0 atom stereocenters. The van der Waals surface area contributed by atoms with Crippen LogP contribution in [0.3, 0.4) is 0 Å². The fourth-order valence-electron chi connectivity index (χ4n) is 3.40. The smallest absolute Gasteiger partial charge is 0.345 e. The lowest BCUT2D eigenvalue weighted by molar-refractivity contribution is 0.0734. The molecule has 2 aliphatic rings. The summed E-state index contributed by atoms with van der Waals surface area (Å²) in [6.07, 6.45) is 3.63. The minimum absolute atomic E-state index is 0.193. The van der Waals surface area contributed by atoms with Gasteiger partial charge in [0.1, 0.15) is 23.9 Å². The van der Waals surface area contributed by atoms with Crippen LogP contribution in [-0.4, -0.2) is 18.4 Å². The number of para-hydroxylation sites is 1. The van der Waals surface area contributed by atoms with Crippen molar-refractivity contribution in [3.63, 3.8) is 0 Å². The van der Waals surface area contributed by atoms with Crippen LogP contribution in [0.1, 0.15) is 26.3 Å². The molecule has 5 rings (SSSR count). The second kappa shape index (κ2) is 7.78. The Labute approximate surface area is 183 Å². The zero-order chi connectivity index (χ0) is 21.4. The Morgan fingerprint density at radius 2 is 1.81 bits per heavy atom. The van der Waals surface area contributed by atoms with Crippen molar-refractivity contribution in [2.24, 2.45) is 0 Å². The quantitative estimate of drug-likeness (QED) is 0.312. The molecule has 0 saturated heterocycles. The molecule has 3 aromatic rings. The summed E-state index contributed by atoms with van der Waals surface area (Å²) in [5, 5.41) is 0.301. The van der Waals surface area contributed by atoms with Gasteiger partial charge in [0.15, 0.2) is 5.76 Å². The summed E-state index contributed by atoms with van der Waals surface area (Å²) in [6.45, 7) is 0.341. The van der Waals surface area contributed by atoms with E-state index in [9.17, 15) is 9.59 Å². The molecule has 0 radical (unpaired) electrons. The second-order valence-corrected chi connectivity index (χ2v) is 7.42. The number of ketones is 1. The van der Waals surface area contributed by atoms with Crippen LogP contribution >= 0.6 is 11.6 Å². The van der Waals surface area contributed by atoms with Crippen LogP contribution in [0.25, 0.3) is 6.08 Å². The van der Waals surface area contributed by atoms with Gasteiger partial charge in [0, 0.05) is 11.6 Å². The Hall–Kier alpha value is -3.83. The van der Waals surface area contributed by atoms with Crippen molar-refractivity contribution in [1.29, 1.82) is 0 Å². The summed E-state index contributed by atoms with van der Waals surface area (Å²) < 4.78 is 16.9. The van der Waals surface area contributed by atoms with Crippen LogP contribution in [0, 0.1) is 0 Å². The predicted octanol–water partition coefficient (Wildman–Crippen LogP) is 5.49. The number of ether oxygens (including phenoxy) is 3. The molecule has 0 fully saturated rings. The van der Waals surface area contributed by atoms with E-state index in [-0.39, 0.29) is 22.9 Å². The molecule has 0 N–H and O–H groups in total. The monoisotopic (exact) mass is 430 g/mol. The summed E-state index contributed by atoms with van der Waals surface area (Å²) in [6, 6.07) is 18.9. The van der Waals surface area contributed by atoms with Gasteiger partial charge in [-0.15, -0.1) is 0 Å². The predicted molar refractivity (Wildman–Crippen MR) is 116 cm³/mol. The molecule has 31 heavy (non-hydrogen) atoms. The third kappa shape index (κ3) is 3.71. The van der Waals surface area contributed by atoms with E-state index >= 15 is 0 Å². The highest BCUT2D eigenvalue weighted by molar-refractivity contribution is 6.33. The molecule has 5 nitrogen and oxygen atoms in total. The van der Waals surface area contributed by atoms with Gasteiger partial charge in [-0.1, -0.05) is 41.9 Å². The molecule has 152 valence electrons. The van der Waals surface area contributed by atoms with Crippen molar-refractivity contribution >= 4 is 29.4 Å². The first kappa shape index (κ1) is 19.2. The molecule has 6 heteroatoms. The average molecular weight is 431 g/mol. The van der Waals surface area contributed by atoms with Gasteiger partial charge >= 0.3 is 5.97 Å². The van der Waals surface area contributed by atoms with Gasteiger partial charge in [-0.2, -0.15) is 0 Å². The van der Waals surface area contributed by atoms with Gasteiger partial charge < -0.3 is 14.2 Å². The van der Waals surface area contributed by atoms with E-state index in [4.69, 9.17) is 25.8 Å². The highest BCUT2D eigenvalue weighted by atomic mass is 35.5. The zero-order valence-electron chi connectivity index (χ0n) is 16.1. The van der Waals surface area contributed by atoms with Crippen molar-refractivity contribution in [2.45, 2.75) is 0 Å². The van der Waals surface area contributed by atoms with Crippen LogP contribution in [0.5, 0.6) is 17.2 Å². The van der Waals surface area contributed by atoms with Gasteiger partial charge in [-0.05, 0) is 48.1 Å². The summed E-state index contributed by atoms with van der Waals surface area (Å²) in [5.41, 5.74) is 2.42. The first-order chi connectivity index (χ1) is 15.1. The molecule has 0 aromatic heterocycles. The van der Waals surface area contributed by atoms with E-state index in [1.807, 2.05) is 30.3 Å². The summed E-state index contributed by atoms with van der Waals surface area (Å²) >= 11 is 6.05. The maximum atomic E-state index is 12.7. The number of allylic oxidation sites excluding steroid dienone is 1. The largest absolute Gasteiger partial charge is 0.488 e. The SMILES string of the molecule is O=C(Oc1ccc2c(c1)OC(=CC1=Cc3ccccc3OC1)C2=O)c1ccccc1Cl. The molecular formula is C25H15ClO5. The molecule has 0 aliphatic carbocycles. The highest BCUT2D eigenvalue weighted by Crippen LogP contribution is 2.36. The van der Waals surface area contributed by atoms with E-state index in [1.165, 1.54) is 6.07 Å². The van der Waals surface area contributed by atoms with E-state index in [1.54, 1.807) is 42.5 Å². The van der Waals surface area contributed by atoms with Crippen molar-refractivity contribution < 1.29 is 23.8 Å². The maximum absolute atomic E-state index is 12.7. The van der Waals surface area contributed by atoms with E-state index in [0.717, 1.165) is 16.9 Å². The van der Waals surface area contributed by atoms with Gasteiger partial charge in [-0.25, -0.2) is 4.79 Å². The first-order valence-corrected chi connectivity index (χ1v) is 9.94. The lowest BCUT2D eigenvalue weighted by Gasteiger charge is -2.15. The molecule has 0 unspecified atom stereocenters. The average Bonchev–Trinajstić information content (AvgIpc) is 3.08. The maximum Gasteiger partial charge on any atom is 0.345 e. The lowest BCUT2D eigenvalue weighted by Crippen LogP contribution is -2.09. The molecular weight excluding hydrogens is 416 g/mol. The Balaban J connectivity index is 1.37. The van der Waals surface area contributed by atoms with Crippen LogP contribution < -0.4 is 14.2 Å². The lowest BCUT2D eigenvalue weighted by atomic mass is 10.1. The van der Waals surface area contributed by atoms with E-state index in [0.29, 0.717) is 22.9 Å². The molecule has 0 spiro atoms. The number of rotatable bonds is 3. The Morgan fingerprint density at radius 3 is 2.68 bits per heavy atom. The van der Waals surface area contributed by atoms with Crippen molar-refractivity contribution in [2.75, 3.05) is 6.61 Å². The van der Waals surface area contributed by atoms with Crippen LogP contribution in [0.15, 0.2) is 84.1 Å². The van der Waals surface area contributed by atoms with Gasteiger partial charge in [0.2, 0.25) is 5.78 Å². The zero-order valence-corrected chi connectivity index (χ0v) is 16.9. The van der Waals surface area contributed by atoms with E-state index in [2.05, 4.69) is 0 Å². The number of hydrogen-bond acceptors (Lipinski definition) is 5.